The van der Waals surface area contributed by atoms with Crippen LogP contribution in [0.3, 0.4) is 0 Å². The van der Waals surface area contributed by atoms with Crippen LogP contribution in [0.4, 0.5) is 5.69 Å². The van der Waals surface area contributed by atoms with Gasteiger partial charge in [-0.1, -0.05) is 17.7 Å². The Labute approximate surface area is 139 Å². The van der Waals surface area contributed by atoms with E-state index in [0.29, 0.717) is 12.0 Å². The first-order chi connectivity index (χ1) is 11.5. The van der Waals surface area contributed by atoms with Crippen molar-refractivity contribution in [1.82, 2.24) is 9.88 Å². The van der Waals surface area contributed by atoms with Crippen molar-refractivity contribution in [3.05, 3.63) is 59.4 Å². The number of anilines is 1. The van der Waals surface area contributed by atoms with E-state index < -0.39 is 11.9 Å². The molecule has 1 aromatic heterocycles. The molecule has 3 rings (SSSR count). The highest BCUT2D eigenvalue weighted by atomic mass is 16.2. The van der Waals surface area contributed by atoms with E-state index >= 15 is 0 Å². The molecular formula is C18H17N3O3. The monoisotopic (exact) mass is 323 g/mol. The van der Waals surface area contributed by atoms with Crippen LogP contribution in [0.2, 0.25) is 0 Å². The molecule has 2 amide bonds. The predicted molar refractivity (Wildman–Crippen MR) is 89.0 cm³/mol. The Morgan fingerprint density at radius 3 is 2.50 bits per heavy atom. The Morgan fingerprint density at radius 2 is 1.83 bits per heavy atom. The zero-order valence-electron chi connectivity index (χ0n) is 13.5. The molecule has 1 aromatic carbocycles. The number of hydrogen-bond acceptors (Lipinski definition) is 4. The molecule has 0 N–H and O–H groups in total. The molecule has 0 saturated heterocycles. The molecule has 1 unspecified atom stereocenters. The molecular weight excluding hydrogens is 306 g/mol. The zero-order chi connectivity index (χ0) is 17.3. The number of carbonyl (C=O) groups is 3. The molecule has 122 valence electrons. The molecule has 0 spiro atoms. The highest BCUT2D eigenvalue weighted by molar-refractivity contribution is 6.14. The van der Waals surface area contributed by atoms with Crippen molar-refractivity contribution in [2.75, 3.05) is 18.5 Å². The van der Waals surface area contributed by atoms with E-state index in [1.807, 2.05) is 19.1 Å². The van der Waals surface area contributed by atoms with Gasteiger partial charge < -0.3 is 9.69 Å². The van der Waals surface area contributed by atoms with Crippen molar-refractivity contribution in [3.8, 4) is 0 Å². The van der Waals surface area contributed by atoms with Crippen molar-refractivity contribution in [2.45, 2.75) is 13.0 Å². The van der Waals surface area contributed by atoms with Gasteiger partial charge in [0.2, 0.25) is 0 Å². The molecule has 1 aliphatic rings. The van der Waals surface area contributed by atoms with Crippen LogP contribution < -0.4 is 4.90 Å². The summed E-state index contributed by atoms with van der Waals surface area (Å²) in [5, 5.41) is 0. The summed E-state index contributed by atoms with van der Waals surface area (Å²) in [5.41, 5.74) is 1.96. The lowest BCUT2D eigenvalue weighted by Crippen LogP contribution is -2.51. The van der Waals surface area contributed by atoms with Crippen LogP contribution in [0, 0.1) is 6.92 Å². The highest BCUT2D eigenvalue weighted by Gasteiger charge is 2.34. The lowest BCUT2D eigenvalue weighted by molar-refractivity contribution is -0.109. The lowest BCUT2D eigenvalue weighted by Gasteiger charge is -2.34. The lowest BCUT2D eigenvalue weighted by atomic mass is 10.1. The topological polar surface area (TPSA) is 70.6 Å². The number of aryl methyl sites for hydroxylation is 1. The molecule has 6 heteroatoms. The number of likely N-dealkylation sites (N-methyl/N-ethyl adjacent to an activating group) is 1. The van der Waals surface area contributed by atoms with Gasteiger partial charge in [-0.15, -0.1) is 0 Å². The number of fused-ring (bicyclic) bond motifs is 1. The largest absolute Gasteiger partial charge is 0.338 e. The van der Waals surface area contributed by atoms with E-state index in [0.717, 1.165) is 5.56 Å². The number of amides is 2. The van der Waals surface area contributed by atoms with Gasteiger partial charge in [-0.05, 0) is 31.2 Å². The SMILES string of the molecule is Cc1ccc(N2C(=O)c3cccnc3C(=O)N(C)CC2C=O)cc1. The molecule has 24 heavy (non-hydrogen) atoms. The number of hydrogen-bond donors (Lipinski definition) is 0. The molecule has 2 heterocycles. The number of pyridine rings is 1. The Bertz CT molecular complexity index is 801. The fourth-order valence-corrected chi connectivity index (χ4v) is 2.77. The minimum Gasteiger partial charge on any atom is -0.338 e. The molecule has 1 aliphatic heterocycles. The van der Waals surface area contributed by atoms with Gasteiger partial charge in [0.15, 0.2) is 0 Å². The molecule has 0 bridgehead atoms. The summed E-state index contributed by atoms with van der Waals surface area (Å²) in [6, 6.07) is 9.75. The minimum absolute atomic E-state index is 0.103. The van der Waals surface area contributed by atoms with E-state index in [-0.39, 0.29) is 23.7 Å². The summed E-state index contributed by atoms with van der Waals surface area (Å²) in [6.45, 7) is 2.06. The Hall–Kier alpha value is -3.02. The quantitative estimate of drug-likeness (QED) is 0.789. The van der Waals surface area contributed by atoms with E-state index in [2.05, 4.69) is 4.98 Å². The average molecular weight is 323 g/mol. The van der Waals surface area contributed by atoms with Crippen LogP contribution in [0.25, 0.3) is 0 Å². The van der Waals surface area contributed by atoms with E-state index in [1.165, 1.54) is 16.0 Å². The number of nitrogens with zero attached hydrogens (tertiary/aromatic N) is 3. The number of rotatable bonds is 2. The van der Waals surface area contributed by atoms with Crippen molar-refractivity contribution in [1.29, 1.82) is 0 Å². The van der Waals surface area contributed by atoms with Gasteiger partial charge in [0.1, 0.15) is 18.0 Å². The smallest absolute Gasteiger partial charge is 0.273 e. The van der Waals surface area contributed by atoms with Crippen LogP contribution in [-0.2, 0) is 4.79 Å². The first-order valence-electron chi connectivity index (χ1n) is 7.59. The minimum atomic E-state index is -0.762. The van der Waals surface area contributed by atoms with Crippen molar-refractivity contribution in [2.24, 2.45) is 0 Å². The van der Waals surface area contributed by atoms with Crippen molar-refractivity contribution in [3.63, 3.8) is 0 Å². The first-order valence-corrected chi connectivity index (χ1v) is 7.59. The molecule has 1 atom stereocenters. The van der Waals surface area contributed by atoms with Gasteiger partial charge in [-0.2, -0.15) is 0 Å². The Kier molecular flexibility index (Phi) is 4.12. The number of aldehydes is 1. The zero-order valence-corrected chi connectivity index (χ0v) is 13.5. The van der Waals surface area contributed by atoms with Crippen LogP contribution in [-0.4, -0.2) is 47.6 Å². The molecule has 2 aromatic rings. The van der Waals surface area contributed by atoms with Gasteiger partial charge in [0, 0.05) is 25.5 Å². The second-order valence-electron chi connectivity index (χ2n) is 5.80. The van der Waals surface area contributed by atoms with Gasteiger partial charge in [-0.25, -0.2) is 0 Å². The Balaban J connectivity index is 2.17. The maximum absolute atomic E-state index is 13.1. The normalized spacial score (nSPS) is 18.0. The third-order valence-electron chi connectivity index (χ3n) is 4.07. The molecule has 0 radical (unpaired) electrons. The van der Waals surface area contributed by atoms with Gasteiger partial charge in [-0.3, -0.25) is 19.5 Å². The second kappa shape index (κ2) is 6.23. The average Bonchev–Trinajstić information content (AvgIpc) is 2.60. The second-order valence-corrected chi connectivity index (χ2v) is 5.80. The highest BCUT2D eigenvalue weighted by Crippen LogP contribution is 2.24. The van der Waals surface area contributed by atoms with Gasteiger partial charge in [0.25, 0.3) is 11.8 Å². The molecule has 0 aliphatic carbocycles. The van der Waals surface area contributed by atoms with Crippen LogP contribution in [0.15, 0.2) is 42.6 Å². The summed E-state index contributed by atoms with van der Waals surface area (Å²) in [7, 11) is 1.60. The summed E-state index contributed by atoms with van der Waals surface area (Å²) < 4.78 is 0. The fraction of sp³-hybridized carbons (Fsp3) is 0.222. The molecule has 6 nitrogen and oxygen atoms in total. The van der Waals surface area contributed by atoms with Gasteiger partial charge in [0.05, 0.1) is 5.56 Å². The van der Waals surface area contributed by atoms with Crippen LogP contribution in [0.5, 0.6) is 0 Å². The summed E-state index contributed by atoms with van der Waals surface area (Å²) in [5.74, 6) is -0.769. The summed E-state index contributed by atoms with van der Waals surface area (Å²) in [6.07, 6.45) is 2.18. The van der Waals surface area contributed by atoms with Crippen molar-refractivity contribution < 1.29 is 14.4 Å². The third kappa shape index (κ3) is 2.67. The maximum Gasteiger partial charge on any atom is 0.273 e. The summed E-state index contributed by atoms with van der Waals surface area (Å²) in [4.78, 5) is 44.1. The first kappa shape index (κ1) is 15.9. The molecule has 0 fully saturated rings. The fourth-order valence-electron chi connectivity index (χ4n) is 2.77. The van der Waals surface area contributed by atoms with Crippen LogP contribution >= 0.6 is 0 Å². The standard InChI is InChI=1S/C18H17N3O3/c1-12-5-7-13(8-6-12)21-14(11-22)10-20(2)18(24)16-15(17(21)23)4-3-9-19-16/h3-9,11,14H,10H2,1-2H3. The predicted octanol–water partition coefficient (Wildman–Crippen LogP) is 1.69. The number of aromatic nitrogens is 1. The maximum atomic E-state index is 13.1. The summed E-state index contributed by atoms with van der Waals surface area (Å²) >= 11 is 0. The van der Waals surface area contributed by atoms with Crippen molar-refractivity contribution >= 4 is 23.8 Å². The number of benzene rings is 1. The number of carbonyl (C=O) groups excluding carboxylic acids is 3. The van der Waals surface area contributed by atoms with E-state index in [1.54, 1.807) is 31.3 Å². The third-order valence-corrected chi connectivity index (χ3v) is 4.07. The van der Waals surface area contributed by atoms with E-state index in [4.69, 9.17) is 0 Å². The van der Waals surface area contributed by atoms with Gasteiger partial charge >= 0.3 is 0 Å². The Morgan fingerprint density at radius 1 is 1.12 bits per heavy atom. The molecule has 0 saturated carbocycles. The van der Waals surface area contributed by atoms with Crippen LogP contribution in [0.1, 0.15) is 26.4 Å². The van der Waals surface area contributed by atoms with E-state index in [9.17, 15) is 14.4 Å².